The Labute approximate surface area is 302 Å². The second kappa shape index (κ2) is 20.0. The van der Waals surface area contributed by atoms with Gasteiger partial charge in [0.2, 0.25) is 5.91 Å². The van der Waals surface area contributed by atoms with E-state index in [0.717, 1.165) is 23.3 Å². The topological polar surface area (TPSA) is 122 Å². The van der Waals surface area contributed by atoms with E-state index in [0.29, 0.717) is 79.7 Å². The van der Waals surface area contributed by atoms with E-state index in [1.54, 1.807) is 6.07 Å². The first-order chi connectivity index (χ1) is 24.7. The molecule has 1 atom stereocenters. The van der Waals surface area contributed by atoms with Crippen LogP contribution in [0.2, 0.25) is 0 Å². The number of para-hydroxylation sites is 1. The number of nitrogens with one attached hydrogen (secondary N) is 3. The van der Waals surface area contributed by atoms with E-state index < -0.39 is 12.1 Å². The van der Waals surface area contributed by atoms with Gasteiger partial charge in [0.15, 0.2) is 0 Å². The molecule has 0 aliphatic heterocycles. The zero-order chi connectivity index (χ0) is 36.6. The largest absolute Gasteiger partial charge is 0.494 e. The zero-order valence-electron chi connectivity index (χ0n) is 30.6. The lowest BCUT2D eigenvalue weighted by Gasteiger charge is -2.30. The van der Waals surface area contributed by atoms with Crippen LogP contribution in [0.25, 0.3) is 22.2 Å². The molecule has 0 fully saturated rings. The Hall–Kier alpha value is -4.96. The maximum Gasteiger partial charge on any atom is 0.407 e. The van der Waals surface area contributed by atoms with Crippen LogP contribution in [0.4, 0.5) is 4.79 Å². The first kappa shape index (κ1) is 38.8. The van der Waals surface area contributed by atoms with Crippen LogP contribution in [0.15, 0.2) is 84.9 Å². The number of fused-ring (bicyclic) bond motifs is 1. The van der Waals surface area contributed by atoms with Crippen molar-refractivity contribution in [1.29, 1.82) is 0 Å². The van der Waals surface area contributed by atoms with Gasteiger partial charge in [0.25, 0.3) is 5.91 Å². The van der Waals surface area contributed by atoms with Crippen molar-refractivity contribution in [3.05, 3.63) is 96.1 Å². The summed E-state index contributed by atoms with van der Waals surface area (Å²) in [7, 11) is 0. The van der Waals surface area contributed by atoms with Gasteiger partial charge < -0.3 is 25.4 Å². The molecule has 1 heterocycles. The highest BCUT2D eigenvalue weighted by Crippen LogP contribution is 2.27. The average molecular weight is 696 g/mol. The third-order valence-corrected chi connectivity index (χ3v) is 8.60. The molecular weight excluding hydrogens is 642 g/mol. The van der Waals surface area contributed by atoms with Crippen LogP contribution < -0.4 is 20.7 Å². The second-order valence-corrected chi connectivity index (χ2v) is 13.2. The normalized spacial score (nSPS) is 11.8. The van der Waals surface area contributed by atoms with Crippen molar-refractivity contribution >= 4 is 28.8 Å². The molecule has 0 aliphatic rings. The Morgan fingerprint density at radius 2 is 1.53 bits per heavy atom. The third-order valence-electron chi connectivity index (χ3n) is 8.60. The van der Waals surface area contributed by atoms with Crippen molar-refractivity contribution in [2.24, 2.45) is 0 Å². The van der Waals surface area contributed by atoms with Gasteiger partial charge in [-0.2, -0.15) is 0 Å². The van der Waals surface area contributed by atoms with E-state index >= 15 is 0 Å². The third kappa shape index (κ3) is 12.1. The first-order valence-electron chi connectivity index (χ1n) is 18.1. The molecule has 272 valence electrons. The van der Waals surface area contributed by atoms with Gasteiger partial charge >= 0.3 is 6.09 Å². The lowest BCUT2D eigenvalue weighted by Crippen LogP contribution is -2.49. The van der Waals surface area contributed by atoms with Crippen LogP contribution in [0.3, 0.4) is 0 Å². The van der Waals surface area contributed by atoms with Crippen LogP contribution in [0, 0.1) is 0 Å². The Balaban J connectivity index is 1.45. The number of carbonyl (C=O) groups excluding carboxylic acids is 3. The van der Waals surface area contributed by atoms with E-state index in [9.17, 15) is 14.4 Å². The molecule has 51 heavy (non-hydrogen) atoms. The van der Waals surface area contributed by atoms with E-state index in [-0.39, 0.29) is 18.4 Å². The SMILES string of the molecule is CCCOc1ccc(-c2cc(C(=O)NC(CCCCNC(=O)OCc3ccccc3)C(=O)NCCN(C(C)C)C(C)C)c3ccccc3n2)cc1. The number of rotatable bonds is 19. The number of unbranched alkanes of at least 4 members (excludes halogenated alkanes) is 1. The standard InChI is InChI=1S/C41H53N5O5/c1-6-26-50-33-21-19-32(20-22-33)38-27-35(34-16-10-11-17-36(34)44-38)39(47)45-37(40(48)42-24-25-46(29(2)3)30(4)5)18-12-13-23-43-41(49)51-28-31-14-8-7-9-15-31/h7-11,14-17,19-22,27,29-30,37H,6,12-13,18,23-26,28H2,1-5H3,(H,42,48)(H,43,49)(H,45,47). The molecule has 10 nitrogen and oxygen atoms in total. The van der Waals surface area contributed by atoms with Gasteiger partial charge in [-0.25, -0.2) is 9.78 Å². The summed E-state index contributed by atoms with van der Waals surface area (Å²) >= 11 is 0. The average Bonchev–Trinajstić information content (AvgIpc) is 3.13. The van der Waals surface area contributed by atoms with Crippen molar-refractivity contribution < 1.29 is 23.9 Å². The van der Waals surface area contributed by atoms with Gasteiger partial charge in [-0.3, -0.25) is 14.5 Å². The predicted octanol–water partition coefficient (Wildman–Crippen LogP) is 7.12. The molecule has 10 heteroatoms. The molecule has 0 radical (unpaired) electrons. The van der Waals surface area contributed by atoms with Crippen LogP contribution in [-0.2, 0) is 16.1 Å². The summed E-state index contributed by atoms with van der Waals surface area (Å²) < 4.78 is 11.0. The molecule has 0 saturated carbocycles. The number of alkyl carbamates (subject to hydrolysis) is 1. The summed E-state index contributed by atoms with van der Waals surface area (Å²) in [4.78, 5) is 47.0. The lowest BCUT2D eigenvalue weighted by molar-refractivity contribution is -0.123. The minimum atomic E-state index is -0.778. The summed E-state index contributed by atoms with van der Waals surface area (Å²) in [6.45, 7) is 13.0. The number of ether oxygens (including phenoxy) is 2. The highest BCUT2D eigenvalue weighted by molar-refractivity contribution is 6.08. The van der Waals surface area contributed by atoms with E-state index in [2.05, 4.69) is 55.5 Å². The maximum atomic E-state index is 14.0. The van der Waals surface area contributed by atoms with Gasteiger partial charge in [-0.15, -0.1) is 0 Å². The number of nitrogens with zero attached hydrogens (tertiary/aromatic N) is 2. The minimum Gasteiger partial charge on any atom is -0.494 e. The van der Waals surface area contributed by atoms with E-state index in [1.165, 1.54) is 0 Å². The first-order valence-corrected chi connectivity index (χ1v) is 18.1. The van der Waals surface area contributed by atoms with Gasteiger partial charge in [0.1, 0.15) is 18.4 Å². The summed E-state index contributed by atoms with van der Waals surface area (Å²) in [5, 5.41) is 9.56. The second-order valence-electron chi connectivity index (χ2n) is 13.2. The summed E-state index contributed by atoms with van der Waals surface area (Å²) in [5.41, 5.74) is 3.52. The maximum absolute atomic E-state index is 14.0. The van der Waals surface area contributed by atoms with Crippen molar-refractivity contribution in [1.82, 2.24) is 25.8 Å². The molecule has 3 amide bonds. The summed E-state index contributed by atoms with van der Waals surface area (Å²) in [5.74, 6) is 0.177. The smallest absolute Gasteiger partial charge is 0.407 e. The quantitative estimate of drug-likeness (QED) is 0.0894. The van der Waals surface area contributed by atoms with Gasteiger partial charge in [-0.05, 0) is 95.3 Å². The molecule has 1 aromatic heterocycles. The molecule has 0 bridgehead atoms. The van der Waals surface area contributed by atoms with E-state index in [1.807, 2.05) is 78.9 Å². The van der Waals surface area contributed by atoms with Crippen molar-refractivity contribution in [3.8, 4) is 17.0 Å². The minimum absolute atomic E-state index is 0.191. The Morgan fingerprint density at radius 1 is 0.824 bits per heavy atom. The number of hydrogen-bond donors (Lipinski definition) is 3. The molecule has 4 rings (SSSR count). The van der Waals surface area contributed by atoms with Crippen molar-refractivity contribution in [3.63, 3.8) is 0 Å². The fourth-order valence-corrected chi connectivity index (χ4v) is 5.94. The molecule has 0 spiro atoms. The fraction of sp³-hybridized carbons (Fsp3) is 0.415. The number of hydrogen-bond acceptors (Lipinski definition) is 7. The van der Waals surface area contributed by atoms with E-state index in [4.69, 9.17) is 14.5 Å². The number of amides is 3. The van der Waals surface area contributed by atoms with Crippen LogP contribution in [0.1, 0.15) is 76.2 Å². The highest BCUT2D eigenvalue weighted by Gasteiger charge is 2.24. The van der Waals surface area contributed by atoms with Gasteiger partial charge in [0.05, 0.1) is 23.4 Å². The van der Waals surface area contributed by atoms with Gasteiger partial charge in [0, 0.05) is 42.7 Å². The highest BCUT2D eigenvalue weighted by atomic mass is 16.5. The number of aromatic nitrogens is 1. The fourth-order valence-electron chi connectivity index (χ4n) is 5.94. The molecule has 0 saturated heterocycles. The van der Waals surface area contributed by atoms with Crippen LogP contribution in [0.5, 0.6) is 5.75 Å². The predicted molar refractivity (Wildman–Crippen MR) is 203 cm³/mol. The monoisotopic (exact) mass is 695 g/mol. The Bertz CT molecular complexity index is 1690. The van der Waals surface area contributed by atoms with Gasteiger partial charge in [-0.1, -0.05) is 55.5 Å². The summed E-state index contributed by atoms with van der Waals surface area (Å²) in [6.07, 6.45) is 2.02. The zero-order valence-corrected chi connectivity index (χ0v) is 30.6. The molecule has 3 N–H and O–H groups in total. The molecule has 0 aliphatic carbocycles. The Morgan fingerprint density at radius 3 is 2.24 bits per heavy atom. The number of carbonyl (C=O) groups is 3. The lowest BCUT2D eigenvalue weighted by atomic mass is 10.0. The Kier molecular flexibility index (Phi) is 15.3. The van der Waals surface area contributed by atoms with Crippen molar-refractivity contribution in [2.45, 2.75) is 85.0 Å². The van der Waals surface area contributed by atoms with Crippen LogP contribution >= 0.6 is 0 Å². The molecule has 4 aromatic rings. The molecule has 3 aromatic carbocycles. The summed E-state index contributed by atoms with van der Waals surface area (Å²) in [6, 6.07) is 26.3. The molecular formula is C41H53N5O5. The van der Waals surface area contributed by atoms with Crippen molar-refractivity contribution in [2.75, 3.05) is 26.2 Å². The number of pyridine rings is 1. The number of benzene rings is 3. The van der Waals surface area contributed by atoms with Crippen LogP contribution in [-0.4, -0.2) is 72.2 Å². The molecule has 1 unspecified atom stereocenters.